The topological polar surface area (TPSA) is 93.1 Å². The van der Waals surface area contributed by atoms with Gasteiger partial charge in [-0.05, 0) is 48.5 Å². The molecule has 152 valence electrons. The molecule has 30 heavy (non-hydrogen) atoms. The van der Waals surface area contributed by atoms with Crippen LogP contribution in [0.2, 0.25) is 0 Å². The number of hydrogen-bond acceptors (Lipinski definition) is 5. The van der Waals surface area contributed by atoms with Gasteiger partial charge in [-0.1, -0.05) is 12.1 Å². The van der Waals surface area contributed by atoms with Crippen molar-refractivity contribution in [1.82, 2.24) is 9.55 Å². The fourth-order valence-corrected chi connectivity index (χ4v) is 4.13. The van der Waals surface area contributed by atoms with Crippen LogP contribution in [0.25, 0.3) is 16.9 Å². The van der Waals surface area contributed by atoms with Crippen LogP contribution >= 0.6 is 11.3 Å². The SMILES string of the molecule is CS(=O)(=O)Nc1ccc(-c2csc(NC(=O)c3ccc(-n4cccc4)cc3)n2)cc1. The molecule has 0 saturated heterocycles. The third kappa shape index (κ3) is 4.76. The highest BCUT2D eigenvalue weighted by Crippen LogP contribution is 2.26. The maximum atomic E-state index is 12.5. The van der Waals surface area contributed by atoms with Crippen molar-refractivity contribution in [1.29, 1.82) is 0 Å². The van der Waals surface area contributed by atoms with Gasteiger partial charge in [-0.15, -0.1) is 11.3 Å². The number of rotatable bonds is 6. The number of benzene rings is 2. The smallest absolute Gasteiger partial charge is 0.257 e. The summed E-state index contributed by atoms with van der Waals surface area (Å²) in [6.45, 7) is 0. The summed E-state index contributed by atoms with van der Waals surface area (Å²) in [7, 11) is -3.32. The minimum atomic E-state index is -3.32. The Morgan fingerprint density at radius 3 is 2.30 bits per heavy atom. The lowest BCUT2D eigenvalue weighted by Crippen LogP contribution is -2.11. The molecule has 0 aliphatic heterocycles. The van der Waals surface area contributed by atoms with Gasteiger partial charge in [0.25, 0.3) is 5.91 Å². The number of amides is 1. The number of carbonyl (C=O) groups excluding carboxylic acids is 1. The molecule has 0 fully saturated rings. The van der Waals surface area contributed by atoms with E-state index in [-0.39, 0.29) is 5.91 Å². The van der Waals surface area contributed by atoms with Crippen molar-refractivity contribution in [3.05, 3.63) is 84.0 Å². The molecule has 0 bridgehead atoms. The van der Waals surface area contributed by atoms with E-state index >= 15 is 0 Å². The standard InChI is InChI=1S/C21H18N4O3S2/c1-30(27,28)24-17-8-4-15(5-9-17)19-14-29-21(22-19)23-20(26)16-6-10-18(11-7-16)25-12-2-3-13-25/h2-14,24H,1H3,(H,22,23,26). The predicted octanol–water partition coefficient (Wildman–Crippen LogP) is 4.22. The lowest BCUT2D eigenvalue weighted by Gasteiger charge is -2.05. The van der Waals surface area contributed by atoms with E-state index < -0.39 is 10.0 Å². The van der Waals surface area contributed by atoms with Gasteiger partial charge in [0.15, 0.2) is 5.13 Å². The molecule has 7 nitrogen and oxygen atoms in total. The van der Waals surface area contributed by atoms with E-state index in [1.54, 1.807) is 36.4 Å². The van der Waals surface area contributed by atoms with Crippen LogP contribution in [-0.4, -0.2) is 30.1 Å². The van der Waals surface area contributed by atoms with Crippen molar-refractivity contribution in [2.75, 3.05) is 16.3 Å². The Morgan fingerprint density at radius 2 is 1.67 bits per heavy atom. The van der Waals surface area contributed by atoms with Crippen molar-refractivity contribution in [2.45, 2.75) is 0 Å². The van der Waals surface area contributed by atoms with Gasteiger partial charge >= 0.3 is 0 Å². The summed E-state index contributed by atoms with van der Waals surface area (Å²) in [5.41, 5.74) is 3.51. The Kier molecular flexibility index (Phi) is 5.39. The van der Waals surface area contributed by atoms with E-state index in [4.69, 9.17) is 0 Å². The molecule has 2 heterocycles. The Morgan fingerprint density at radius 1 is 1.00 bits per heavy atom. The molecular formula is C21H18N4O3S2. The van der Waals surface area contributed by atoms with E-state index in [1.807, 2.05) is 46.6 Å². The molecule has 2 N–H and O–H groups in total. The van der Waals surface area contributed by atoms with E-state index in [1.165, 1.54) is 11.3 Å². The lowest BCUT2D eigenvalue weighted by molar-refractivity contribution is 0.102. The molecule has 0 aliphatic rings. The van der Waals surface area contributed by atoms with Crippen molar-refractivity contribution in [2.24, 2.45) is 0 Å². The Hall–Kier alpha value is -3.43. The van der Waals surface area contributed by atoms with Crippen molar-refractivity contribution in [3.8, 4) is 16.9 Å². The van der Waals surface area contributed by atoms with Gasteiger partial charge in [0.05, 0.1) is 11.9 Å². The summed E-state index contributed by atoms with van der Waals surface area (Å²) in [4.78, 5) is 17.0. The molecule has 0 unspecified atom stereocenters. The Bertz CT molecular complexity index is 1260. The zero-order chi connectivity index (χ0) is 21.1. The first kappa shape index (κ1) is 19.9. The molecule has 2 aromatic heterocycles. The van der Waals surface area contributed by atoms with Gasteiger partial charge in [-0.25, -0.2) is 13.4 Å². The number of nitrogens with zero attached hydrogens (tertiary/aromatic N) is 2. The predicted molar refractivity (Wildman–Crippen MR) is 120 cm³/mol. The fraction of sp³-hybridized carbons (Fsp3) is 0.0476. The van der Waals surface area contributed by atoms with E-state index in [9.17, 15) is 13.2 Å². The largest absolute Gasteiger partial charge is 0.324 e. The van der Waals surface area contributed by atoms with Gasteiger partial charge in [-0.3, -0.25) is 14.8 Å². The van der Waals surface area contributed by atoms with Crippen LogP contribution in [0.5, 0.6) is 0 Å². The molecule has 0 saturated carbocycles. The molecule has 2 aromatic carbocycles. The second kappa shape index (κ2) is 8.13. The highest BCUT2D eigenvalue weighted by molar-refractivity contribution is 7.92. The summed E-state index contributed by atoms with van der Waals surface area (Å²) in [5, 5.41) is 5.14. The first-order valence-electron chi connectivity index (χ1n) is 8.96. The number of hydrogen-bond donors (Lipinski definition) is 2. The van der Waals surface area contributed by atoms with Crippen LogP contribution in [0.1, 0.15) is 10.4 Å². The second-order valence-corrected chi connectivity index (χ2v) is 9.19. The fourth-order valence-electron chi connectivity index (χ4n) is 2.85. The maximum Gasteiger partial charge on any atom is 0.257 e. The summed E-state index contributed by atoms with van der Waals surface area (Å²) in [6, 6.07) is 18.1. The second-order valence-electron chi connectivity index (χ2n) is 6.58. The molecule has 0 radical (unpaired) electrons. The molecular weight excluding hydrogens is 420 g/mol. The normalized spacial score (nSPS) is 11.2. The molecule has 4 aromatic rings. The Labute approximate surface area is 178 Å². The van der Waals surface area contributed by atoms with Crippen LogP contribution in [-0.2, 0) is 10.0 Å². The van der Waals surface area contributed by atoms with Crippen molar-refractivity contribution < 1.29 is 13.2 Å². The van der Waals surface area contributed by atoms with E-state index in [2.05, 4.69) is 15.0 Å². The number of nitrogens with one attached hydrogen (secondary N) is 2. The molecule has 1 amide bonds. The van der Waals surface area contributed by atoms with Gasteiger partial charge in [-0.2, -0.15) is 0 Å². The quantitative estimate of drug-likeness (QED) is 0.471. The number of thiazole rings is 1. The number of aromatic nitrogens is 2. The zero-order valence-electron chi connectivity index (χ0n) is 15.9. The highest BCUT2D eigenvalue weighted by atomic mass is 32.2. The first-order chi connectivity index (χ1) is 14.4. The van der Waals surface area contributed by atoms with Gasteiger partial charge in [0.1, 0.15) is 0 Å². The third-order valence-electron chi connectivity index (χ3n) is 4.24. The minimum Gasteiger partial charge on any atom is -0.324 e. The Balaban J connectivity index is 1.43. The summed E-state index contributed by atoms with van der Waals surface area (Å²) in [6.07, 6.45) is 4.98. The number of carbonyl (C=O) groups is 1. The summed E-state index contributed by atoms with van der Waals surface area (Å²) < 4.78 is 27.0. The number of anilines is 2. The molecule has 0 aliphatic carbocycles. The van der Waals surface area contributed by atoms with Gasteiger partial charge in [0.2, 0.25) is 10.0 Å². The average Bonchev–Trinajstić information content (AvgIpc) is 3.40. The maximum absolute atomic E-state index is 12.5. The van der Waals surface area contributed by atoms with Gasteiger partial charge < -0.3 is 4.57 Å². The molecule has 9 heteroatoms. The average molecular weight is 439 g/mol. The lowest BCUT2D eigenvalue weighted by atomic mass is 10.1. The summed E-state index contributed by atoms with van der Waals surface area (Å²) in [5.74, 6) is -0.234. The summed E-state index contributed by atoms with van der Waals surface area (Å²) >= 11 is 1.32. The zero-order valence-corrected chi connectivity index (χ0v) is 17.6. The van der Waals surface area contributed by atoms with E-state index in [0.29, 0.717) is 22.1 Å². The first-order valence-corrected chi connectivity index (χ1v) is 11.7. The van der Waals surface area contributed by atoms with E-state index in [0.717, 1.165) is 17.5 Å². The number of sulfonamides is 1. The third-order valence-corrected chi connectivity index (χ3v) is 5.60. The molecule has 4 rings (SSSR count). The minimum absolute atomic E-state index is 0.234. The van der Waals surface area contributed by atoms with Crippen molar-refractivity contribution >= 4 is 38.1 Å². The highest BCUT2D eigenvalue weighted by Gasteiger charge is 2.11. The molecule has 0 spiro atoms. The monoisotopic (exact) mass is 438 g/mol. The van der Waals surface area contributed by atoms with Crippen LogP contribution in [0.4, 0.5) is 10.8 Å². The molecule has 0 atom stereocenters. The van der Waals surface area contributed by atoms with Crippen LogP contribution in [0.3, 0.4) is 0 Å². The van der Waals surface area contributed by atoms with Crippen LogP contribution in [0, 0.1) is 0 Å². The van der Waals surface area contributed by atoms with Crippen LogP contribution in [0.15, 0.2) is 78.4 Å². The van der Waals surface area contributed by atoms with Gasteiger partial charge in [0, 0.05) is 40.3 Å². The van der Waals surface area contributed by atoms with Crippen molar-refractivity contribution in [3.63, 3.8) is 0 Å². The van der Waals surface area contributed by atoms with Crippen LogP contribution < -0.4 is 10.0 Å².